The van der Waals surface area contributed by atoms with Crippen molar-refractivity contribution < 1.29 is 14.6 Å². The lowest BCUT2D eigenvalue weighted by Crippen LogP contribution is -2.14. The number of hydrogen-bond donors (Lipinski definition) is 1. The van der Waals surface area contributed by atoms with Crippen LogP contribution in [0.5, 0.6) is 0 Å². The average Bonchev–Trinajstić information content (AvgIpc) is 2.68. The first-order chi connectivity index (χ1) is 13.0. The van der Waals surface area contributed by atoms with Crippen LogP contribution in [0.2, 0.25) is 0 Å². The molecule has 0 fully saturated rings. The SMILES string of the molecule is O=C(Nc1cnc(-c2ccccc2)nc1)c1ccc([N+](=O)[O-])cc1[N+](=O)[O-]. The van der Waals surface area contributed by atoms with Crippen molar-refractivity contribution in [1.82, 2.24) is 9.97 Å². The van der Waals surface area contributed by atoms with Gasteiger partial charge in [-0.3, -0.25) is 25.0 Å². The number of anilines is 1. The molecule has 3 aromatic rings. The molecule has 10 nitrogen and oxygen atoms in total. The summed E-state index contributed by atoms with van der Waals surface area (Å²) in [6, 6.07) is 12.0. The van der Waals surface area contributed by atoms with E-state index in [1.165, 1.54) is 12.4 Å². The monoisotopic (exact) mass is 365 g/mol. The molecule has 0 aliphatic carbocycles. The van der Waals surface area contributed by atoms with Crippen LogP contribution in [0.3, 0.4) is 0 Å². The Morgan fingerprint density at radius 2 is 1.59 bits per heavy atom. The fraction of sp³-hybridized carbons (Fsp3) is 0. The fourth-order valence-electron chi connectivity index (χ4n) is 2.30. The normalized spacial score (nSPS) is 10.2. The Balaban J connectivity index is 1.83. The summed E-state index contributed by atoms with van der Waals surface area (Å²) in [4.78, 5) is 40.9. The molecule has 0 aliphatic heterocycles. The molecular formula is C17H11N5O5. The molecule has 27 heavy (non-hydrogen) atoms. The molecule has 1 aromatic heterocycles. The number of rotatable bonds is 5. The Kier molecular flexibility index (Phi) is 4.79. The Morgan fingerprint density at radius 1 is 0.926 bits per heavy atom. The second kappa shape index (κ2) is 7.35. The predicted molar refractivity (Wildman–Crippen MR) is 95.2 cm³/mol. The van der Waals surface area contributed by atoms with Gasteiger partial charge >= 0.3 is 0 Å². The molecule has 0 saturated carbocycles. The van der Waals surface area contributed by atoms with Crippen LogP contribution in [0.25, 0.3) is 11.4 Å². The van der Waals surface area contributed by atoms with E-state index in [1.807, 2.05) is 30.3 Å². The fourth-order valence-corrected chi connectivity index (χ4v) is 2.30. The van der Waals surface area contributed by atoms with Gasteiger partial charge in [0.25, 0.3) is 17.3 Å². The summed E-state index contributed by atoms with van der Waals surface area (Å²) in [5.74, 6) is -0.345. The van der Waals surface area contributed by atoms with E-state index in [9.17, 15) is 25.0 Å². The average molecular weight is 365 g/mol. The second-order valence-corrected chi connectivity index (χ2v) is 5.33. The van der Waals surface area contributed by atoms with Gasteiger partial charge in [-0.2, -0.15) is 0 Å². The van der Waals surface area contributed by atoms with Gasteiger partial charge < -0.3 is 5.32 Å². The minimum Gasteiger partial charge on any atom is -0.319 e. The number of non-ortho nitro benzene ring substituents is 1. The third-order valence-corrected chi connectivity index (χ3v) is 3.58. The van der Waals surface area contributed by atoms with Crippen molar-refractivity contribution in [2.24, 2.45) is 0 Å². The van der Waals surface area contributed by atoms with Gasteiger partial charge in [0.2, 0.25) is 0 Å². The maximum atomic E-state index is 12.3. The van der Waals surface area contributed by atoms with Gasteiger partial charge in [0.05, 0.1) is 34.0 Å². The van der Waals surface area contributed by atoms with Crippen LogP contribution < -0.4 is 5.32 Å². The third kappa shape index (κ3) is 3.90. The van der Waals surface area contributed by atoms with Gasteiger partial charge in [-0.25, -0.2) is 9.97 Å². The number of nitro groups is 2. The number of nitrogens with zero attached hydrogens (tertiary/aromatic N) is 4. The molecular weight excluding hydrogens is 354 g/mol. The summed E-state index contributed by atoms with van der Waals surface area (Å²) in [5, 5.41) is 24.3. The Hall–Kier alpha value is -4.21. The molecule has 0 radical (unpaired) electrons. The van der Waals surface area contributed by atoms with Crippen LogP contribution in [-0.4, -0.2) is 25.7 Å². The van der Waals surface area contributed by atoms with E-state index < -0.39 is 27.1 Å². The first-order valence-corrected chi connectivity index (χ1v) is 7.57. The molecule has 0 spiro atoms. The van der Waals surface area contributed by atoms with Crippen molar-refractivity contribution in [3.05, 3.63) is 86.7 Å². The number of benzene rings is 2. The first-order valence-electron chi connectivity index (χ1n) is 7.57. The molecule has 0 unspecified atom stereocenters. The van der Waals surface area contributed by atoms with Crippen molar-refractivity contribution in [2.45, 2.75) is 0 Å². The lowest BCUT2D eigenvalue weighted by molar-refractivity contribution is -0.394. The number of hydrogen-bond acceptors (Lipinski definition) is 7. The molecule has 3 rings (SSSR count). The third-order valence-electron chi connectivity index (χ3n) is 3.58. The van der Waals surface area contributed by atoms with Crippen LogP contribution in [-0.2, 0) is 0 Å². The van der Waals surface area contributed by atoms with Crippen molar-refractivity contribution in [2.75, 3.05) is 5.32 Å². The summed E-state index contributed by atoms with van der Waals surface area (Å²) in [5.41, 5.74) is -0.427. The molecule has 2 aromatic carbocycles. The van der Waals surface area contributed by atoms with Crippen molar-refractivity contribution >= 4 is 23.0 Å². The number of carbonyl (C=O) groups excluding carboxylic acids is 1. The largest absolute Gasteiger partial charge is 0.319 e. The van der Waals surface area contributed by atoms with Gasteiger partial charge in [-0.05, 0) is 6.07 Å². The lowest BCUT2D eigenvalue weighted by Gasteiger charge is -2.06. The number of amides is 1. The molecule has 0 aliphatic rings. The summed E-state index contributed by atoms with van der Waals surface area (Å²) in [7, 11) is 0. The van der Waals surface area contributed by atoms with Crippen LogP contribution in [0.15, 0.2) is 60.9 Å². The van der Waals surface area contributed by atoms with E-state index in [4.69, 9.17) is 0 Å². The molecule has 0 bridgehead atoms. The zero-order chi connectivity index (χ0) is 19.4. The van der Waals surface area contributed by atoms with Crippen molar-refractivity contribution in [3.8, 4) is 11.4 Å². The summed E-state index contributed by atoms with van der Waals surface area (Å²) < 4.78 is 0. The summed E-state index contributed by atoms with van der Waals surface area (Å²) in [6.07, 6.45) is 2.73. The Morgan fingerprint density at radius 3 is 2.19 bits per heavy atom. The van der Waals surface area contributed by atoms with Gasteiger partial charge in [0, 0.05) is 11.6 Å². The highest BCUT2D eigenvalue weighted by Gasteiger charge is 2.24. The van der Waals surface area contributed by atoms with E-state index in [1.54, 1.807) is 0 Å². The first kappa shape index (κ1) is 17.6. The molecule has 0 saturated heterocycles. The number of nitro benzene ring substituents is 2. The summed E-state index contributed by atoms with van der Waals surface area (Å²) >= 11 is 0. The van der Waals surface area contributed by atoms with Gasteiger partial charge in [-0.15, -0.1) is 0 Å². The quantitative estimate of drug-likeness (QED) is 0.540. The molecule has 0 atom stereocenters. The Bertz CT molecular complexity index is 1020. The smallest absolute Gasteiger partial charge is 0.289 e. The van der Waals surface area contributed by atoms with E-state index in [0.29, 0.717) is 5.82 Å². The summed E-state index contributed by atoms with van der Waals surface area (Å²) in [6.45, 7) is 0. The number of nitrogens with one attached hydrogen (secondary N) is 1. The van der Waals surface area contributed by atoms with Crippen molar-refractivity contribution in [3.63, 3.8) is 0 Å². The maximum absolute atomic E-state index is 12.3. The van der Waals surface area contributed by atoms with E-state index in [0.717, 1.165) is 23.8 Å². The zero-order valence-electron chi connectivity index (χ0n) is 13.6. The van der Waals surface area contributed by atoms with E-state index in [2.05, 4.69) is 15.3 Å². The molecule has 1 heterocycles. The minimum absolute atomic E-state index is 0.229. The molecule has 134 valence electrons. The highest BCUT2D eigenvalue weighted by atomic mass is 16.6. The standard InChI is InChI=1S/C17H11N5O5/c23-17(14-7-6-13(21(24)25)8-15(14)22(26)27)20-12-9-18-16(19-10-12)11-4-2-1-3-5-11/h1-10H,(H,20,23). The lowest BCUT2D eigenvalue weighted by atomic mass is 10.1. The van der Waals surface area contributed by atoms with Crippen LogP contribution in [0.4, 0.5) is 17.1 Å². The number of carbonyl (C=O) groups is 1. The van der Waals surface area contributed by atoms with Crippen LogP contribution in [0, 0.1) is 20.2 Å². The maximum Gasteiger partial charge on any atom is 0.289 e. The van der Waals surface area contributed by atoms with Gasteiger partial charge in [-0.1, -0.05) is 30.3 Å². The highest BCUT2D eigenvalue weighted by molar-refractivity contribution is 6.07. The van der Waals surface area contributed by atoms with Gasteiger partial charge in [0.1, 0.15) is 5.56 Å². The topological polar surface area (TPSA) is 141 Å². The molecule has 1 N–H and O–H groups in total. The molecule has 10 heteroatoms. The molecule has 1 amide bonds. The zero-order valence-corrected chi connectivity index (χ0v) is 13.6. The highest BCUT2D eigenvalue weighted by Crippen LogP contribution is 2.25. The second-order valence-electron chi connectivity index (χ2n) is 5.33. The predicted octanol–water partition coefficient (Wildman–Crippen LogP) is 3.21. The van der Waals surface area contributed by atoms with Crippen molar-refractivity contribution in [1.29, 1.82) is 0 Å². The van der Waals surface area contributed by atoms with Crippen LogP contribution >= 0.6 is 0 Å². The van der Waals surface area contributed by atoms with E-state index in [-0.39, 0.29) is 11.3 Å². The Labute approximate surface area is 151 Å². The number of aromatic nitrogens is 2. The minimum atomic E-state index is -0.850. The van der Waals surface area contributed by atoms with Crippen LogP contribution in [0.1, 0.15) is 10.4 Å². The van der Waals surface area contributed by atoms with E-state index >= 15 is 0 Å². The van der Waals surface area contributed by atoms with Gasteiger partial charge in [0.15, 0.2) is 5.82 Å².